The Labute approximate surface area is 74.6 Å². The van der Waals surface area contributed by atoms with Gasteiger partial charge in [0, 0.05) is 5.38 Å². The molecule has 0 radical (unpaired) electrons. The van der Waals surface area contributed by atoms with Gasteiger partial charge in [-0.25, -0.2) is 0 Å². The number of rotatable bonds is 2. The lowest BCUT2D eigenvalue weighted by Gasteiger charge is -2.18. The number of alkyl halides is 1. The highest BCUT2D eigenvalue weighted by molar-refractivity contribution is 6.20. The lowest BCUT2D eigenvalue weighted by molar-refractivity contribution is 0.439. The van der Waals surface area contributed by atoms with Crippen molar-refractivity contribution in [1.29, 1.82) is 0 Å². The molecule has 11 heavy (non-hydrogen) atoms. The summed E-state index contributed by atoms with van der Waals surface area (Å²) < 4.78 is 0. The Morgan fingerprint density at radius 2 is 2.18 bits per heavy atom. The fourth-order valence-electron chi connectivity index (χ4n) is 1.98. The van der Waals surface area contributed by atoms with Crippen LogP contribution in [-0.4, -0.2) is 5.38 Å². The minimum absolute atomic E-state index is 0.432. The van der Waals surface area contributed by atoms with Crippen molar-refractivity contribution in [1.82, 2.24) is 0 Å². The highest BCUT2D eigenvalue weighted by Crippen LogP contribution is 2.35. The monoisotopic (exact) mass is 172 g/mol. The fourth-order valence-corrected chi connectivity index (χ4v) is 2.49. The van der Waals surface area contributed by atoms with E-state index >= 15 is 0 Å². The van der Waals surface area contributed by atoms with E-state index in [4.69, 9.17) is 11.6 Å². The third-order valence-electron chi connectivity index (χ3n) is 2.65. The van der Waals surface area contributed by atoms with Crippen molar-refractivity contribution in [3.05, 3.63) is 12.2 Å². The number of hydrogen-bond donors (Lipinski definition) is 0. The number of allylic oxidation sites excluding steroid dienone is 2. The van der Waals surface area contributed by atoms with Crippen LogP contribution in [0.4, 0.5) is 0 Å². The molecular weight excluding hydrogens is 156 g/mol. The van der Waals surface area contributed by atoms with Crippen LogP contribution in [0, 0.1) is 11.8 Å². The molecule has 0 amide bonds. The molecule has 0 aromatic rings. The summed E-state index contributed by atoms with van der Waals surface area (Å²) >= 11 is 6.17. The third kappa shape index (κ3) is 2.23. The second-order valence-electron chi connectivity index (χ2n) is 3.50. The lowest BCUT2D eigenvalue weighted by atomic mass is 9.92. The van der Waals surface area contributed by atoms with Gasteiger partial charge in [-0.1, -0.05) is 25.5 Å². The number of hydrogen-bond acceptors (Lipinski definition) is 0. The first-order valence-electron chi connectivity index (χ1n) is 4.52. The van der Waals surface area contributed by atoms with E-state index in [0.717, 1.165) is 5.92 Å². The van der Waals surface area contributed by atoms with Crippen LogP contribution in [0.1, 0.15) is 33.1 Å². The van der Waals surface area contributed by atoms with Gasteiger partial charge in [-0.2, -0.15) is 0 Å². The molecule has 1 saturated carbocycles. The Morgan fingerprint density at radius 3 is 2.64 bits per heavy atom. The van der Waals surface area contributed by atoms with Crippen molar-refractivity contribution < 1.29 is 0 Å². The summed E-state index contributed by atoms with van der Waals surface area (Å²) in [5.41, 5.74) is 0. The molecule has 1 heteroatoms. The highest BCUT2D eigenvalue weighted by atomic mass is 35.5. The van der Waals surface area contributed by atoms with Crippen molar-refractivity contribution in [2.24, 2.45) is 11.8 Å². The molecule has 1 aliphatic rings. The SMILES string of the molecule is C/C=C/C(C)C1CCCC1Cl. The van der Waals surface area contributed by atoms with Gasteiger partial charge in [0.15, 0.2) is 0 Å². The normalized spacial score (nSPS) is 34.8. The minimum Gasteiger partial charge on any atom is -0.123 e. The summed E-state index contributed by atoms with van der Waals surface area (Å²) in [7, 11) is 0. The largest absolute Gasteiger partial charge is 0.123 e. The topological polar surface area (TPSA) is 0 Å². The van der Waals surface area contributed by atoms with Gasteiger partial charge in [-0.3, -0.25) is 0 Å². The van der Waals surface area contributed by atoms with E-state index in [1.807, 2.05) is 0 Å². The zero-order valence-electron chi connectivity index (χ0n) is 7.39. The predicted octanol–water partition coefficient (Wildman–Crippen LogP) is 3.61. The van der Waals surface area contributed by atoms with Gasteiger partial charge in [-0.05, 0) is 31.6 Å². The van der Waals surface area contributed by atoms with Crippen molar-refractivity contribution in [3.8, 4) is 0 Å². The van der Waals surface area contributed by atoms with Crippen LogP contribution in [-0.2, 0) is 0 Å². The Hall–Kier alpha value is 0.0300. The summed E-state index contributed by atoms with van der Waals surface area (Å²) in [6.07, 6.45) is 8.26. The Balaban J connectivity index is 2.45. The second kappa shape index (κ2) is 4.15. The molecule has 1 aliphatic carbocycles. The maximum atomic E-state index is 6.17. The van der Waals surface area contributed by atoms with E-state index in [1.165, 1.54) is 19.3 Å². The standard InChI is InChI=1S/C10H17Cl/c1-3-5-8(2)9-6-4-7-10(9)11/h3,5,8-10H,4,6-7H2,1-2H3/b5-3+. The summed E-state index contributed by atoms with van der Waals surface area (Å²) in [4.78, 5) is 0. The molecule has 3 unspecified atom stereocenters. The van der Waals surface area contributed by atoms with Crippen molar-refractivity contribution in [3.63, 3.8) is 0 Å². The van der Waals surface area contributed by atoms with Crippen LogP contribution < -0.4 is 0 Å². The molecule has 0 N–H and O–H groups in total. The molecule has 3 atom stereocenters. The van der Waals surface area contributed by atoms with Crippen LogP contribution in [0.15, 0.2) is 12.2 Å². The van der Waals surface area contributed by atoms with Gasteiger partial charge in [-0.15, -0.1) is 11.6 Å². The summed E-state index contributed by atoms with van der Waals surface area (Å²) in [5, 5.41) is 0.432. The average Bonchev–Trinajstić information content (AvgIpc) is 2.36. The predicted molar refractivity (Wildman–Crippen MR) is 51.0 cm³/mol. The molecule has 1 fully saturated rings. The number of halogens is 1. The smallest absolute Gasteiger partial charge is 0.0369 e. The molecule has 1 rings (SSSR count). The van der Waals surface area contributed by atoms with Crippen LogP contribution in [0.25, 0.3) is 0 Å². The lowest BCUT2D eigenvalue weighted by Crippen LogP contribution is -2.14. The van der Waals surface area contributed by atoms with E-state index in [0.29, 0.717) is 11.3 Å². The summed E-state index contributed by atoms with van der Waals surface area (Å²) in [5.74, 6) is 1.40. The Kier molecular flexibility index (Phi) is 3.45. The van der Waals surface area contributed by atoms with E-state index in [9.17, 15) is 0 Å². The van der Waals surface area contributed by atoms with Gasteiger partial charge >= 0.3 is 0 Å². The van der Waals surface area contributed by atoms with Crippen molar-refractivity contribution in [2.45, 2.75) is 38.5 Å². The zero-order chi connectivity index (χ0) is 8.27. The second-order valence-corrected chi connectivity index (χ2v) is 4.06. The van der Waals surface area contributed by atoms with E-state index in [1.54, 1.807) is 0 Å². The molecule has 0 saturated heterocycles. The molecular formula is C10H17Cl. The summed E-state index contributed by atoms with van der Waals surface area (Å²) in [6, 6.07) is 0. The van der Waals surface area contributed by atoms with Gasteiger partial charge < -0.3 is 0 Å². The van der Waals surface area contributed by atoms with Gasteiger partial charge in [0.2, 0.25) is 0 Å². The molecule has 0 aliphatic heterocycles. The quantitative estimate of drug-likeness (QED) is 0.441. The first kappa shape index (κ1) is 9.12. The van der Waals surface area contributed by atoms with Crippen LogP contribution in [0.2, 0.25) is 0 Å². The average molecular weight is 173 g/mol. The van der Waals surface area contributed by atoms with Gasteiger partial charge in [0.25, 0.3) is 0 Å². The van der Waals surface area contributed by atoms with Gasteiger partial charge in [0.1, 0.15) is 0 Å². The molecule has 0 bridgehead atoms. The molecule has 0 spiro atoms. The van der Waals surface area contributed by atoms with Crippen molar-refractivity contribution in [2.75, 3.05) is 0 Å². The van der Waals surface area contributed by atoms with Crippen LogP contribution in [0.3, 0.4) is 0 Å². The zero-order valence-corrected chi connectivity index (χ0v) is 8.14. The molecule has 0 heterocycles. The fraction of sp³-hybridized carbons (Fsp3) is 0.800. The maximum absolute atomic E-state index is 6.17. The highest BCUT2D eigenvalue weighted by Gasteiger charge is 2.28. The Bertz CT molecular complexity index is 140. The maximum Gasteiger partial charge on any atom is 0.0369 e. The molecule has 0 aromatic heterocycles. The first-order valence-corrected chi connectivity index (χ1v) is 4.96. The molecule has 64 valence electrons. The molecule has 0 nitrogen and oxygen atoms in total. The van der Waals surface area contributed by atoms with E-state index in [2.05, 4.69) is 26.0 Å². The van der Waals surface area contributed by atoms with Crippen molar-refractivity contribution >= 4 is 11.6 Å². The third-order valence-corrected chi connectivity index (χ3v) is 3.20. The minimum atomic E-state index is 0.432. The van der Waals surface area contributed by atoms with Crippen LogP contribution >= 0.6 is 11.6 Å². The Morgan fingerprint density at radius 1 is 1.45 bits per heavy atom. The van der Waals surface area contributed by atoms with Gasteiger partial charge in [0.05, 0.1) is 0 Å². The van der Waals surface area contributed by atoms with E-state index in [-0.39, 0.29) is 0 Å². The first-order chi connectivity index (χ1) is 5.25. The van der Waals surface area contributed by atoms with E-state index < -0.39 is 0 Å². The molecule has 0 aromatic carbocycles. The van der Waals surface area contributed by atoms with Crippen LogP contribution in [0.5, 0.6) is 0 Å². The summed E-state index contributed by atoms with van der Waals surface area (Å²) in [6.45, 7) is 4.35.